The molecule has 0 heterocycles. The molecule has 3 atom stereocenters. The first-order valence-electron chi connectivity index (χ1n) is 6.30. The minimum atomic E-state index is -2.24. The molecule has 0 aromatic heterocycles. The summed E-state index contributed by atoms with van der Waals surface area (Å²) in [5.74, 6) is 0.387. The fourth-order valence-corrected chi connectivity index (χ4v) is 3.16. The minimum absolute atomic E-state index is 0.0727. The molecule has 0 saturated carbocycles. The van der Waals surface area contributed by atoms with Gasteiger partial charge < -0.3 is 4.89 Å². The van der Waals surface area contributed by atoms with Crippen molar-refractivity contribution in [2.75, 3.05) is 0 Å². The Kier molecular flexibility index (Phi) is 9.33. The van der Waals surface area contributed by atoms with Crippen molar-refractivity contribution in [2.45, 2.75) is 71.4 Å². The molecule has 15 heavy (non-hydrogen) atoms. The van der Waals surface area contributed by atoms with E-state index < -0.39 is 8.03 Å². The number of unbranched alkanes of at least 4 members (excludes halogenated alkanes) is 2. The summed E-state index contributed by atoms with van der Waals surface area (Å²) in [6, 6.07) is 0. The number of rotatable bonds is 9. The van der Waals surface area contributed by atoms with E-state index in [1.54, 1.807) is 0 Å². The summed E-state index contributed by atoms with van der Waals surface area (Å²) in [5, 5.41) is 0. The first-order chi connectivity index (χ1) is 7.17. The van der Waals surface area contributed by atoms with Crippen molar-refractivity contribution < 1.29 is 9.46 Å². The average Bonchev–Trinajstić information content (AvgIpc) is 2.22. The van der Waals surface area contributed by atoms with Crippen molar-refractivity contribution in [3.05, 3.63) is 0 Å². The molecule has 2 nitrogen and oxygen atoms in total. The van der Waals surface area contributed by atoms with E-state index in [1.165, 1.54) is 0 Å². The lowest BCUT2D eigenvalue weighted by atomic mass is 9.92. The Balaban J connectivity index is 4.20. The Bertz CT molecular complexity index is 171. The van der Waals surface area contributed by atoms with Gasteiger partial charge in [0.15, 0.2) is 5.66 Å². The Hall–Kier alpha value is 0.0600. The molecular weight excluding hydrogens is 207 g/mol. The monoisotopic (exact) mass is 232 g/mol. The van der Waals surface area contributed by atoms with E-state index in [2.05, 4.69) is 20.8 Å². The van der Waals surface area contributed by atoms with Gasteiger partial charge in [-0.1, -0.05) is 44.6 Å². The molecule has 0 spiro atoms. The van der Waals surface area contributed by atoms with Crippen LogP contribution < -0.4 is 4.89 Å². The molecule has 3 unspecified atom stereocenters. The van der Waals surface area contributed by atoms with Crippen LogP contribution in [0.5, 0.6) is 0 Å². The summed E-state index contributed by atoms with van der Waals surface area (Å²) in [6.07, 6.45) is 7.37. The molecule has 0 rings (SSSR count). The van der Waals surface area contributed by atoms with Crippen molar-refractivity contribution in [1.82, 2.24) is 0 Å². The number of hydrogen-bond acceptors (Lipinski definition) is 2. The van der Waals surface area contributed by atoms with E-state index >= 15 is 0 Å². The predicted molar refractivity (Wildman–Crippen MR) is 64.2 cm³/mol. The highest BCUT2D eigenvalue weighted by molar-refractivity contribution is 7.37. The van der Waals surface area contributed by atoms with Gasteiger partial charge in [0.05, 0.1) is 0 Å². The Morgan fingerprint density at radius 3 is 2.00 bits per heavy atom. The lowest BCUT2D eigenvalue weighted by molar-refractivity contribution is -0.167. The van der Waals surface area contributed by atoms with Crippen LogP contribution >= 0.6 is 8.03 Å². The maximum absolute atomic E-state index is 11.2. The van der Waals surface area contributed by atoms with Crippen molar-refractivity contribution in [1.29, 1.82) is 0 Å². The Morgan fingerprint density at radius 2 is 1.60 bits per heavy atom. The molecule has 0 N–H and O–H groups in total. The third-order valence-electron chi connectivity index (χ3n) is 3.12. The molecule has 0 bridgehead atoms. The second-order valence-corrected chi connectivity index (χ2v) is 5.54. The van der Waals surface area contributed by atoms with Crippen LogP contribution in [0.15, 0.2) is 0 Å². The van der Waals surface area contributed by atoms with Crippen LogP contribution in [0, 0.1) is 5.92 Å². The summed E-state index contributed by atoms with van der Waals surface area (Å²) >= 11 is 0. The number of hydrogen-bond donors (Lipinski definition) is 0. The topological polar surface area (TPSA) is 40.1 Å². The van der Waals surface area contributed by atoms with E-state index in [4.69, 9.17) is 0 Å². The lowest BCUT2D eigenvalue weighted by Crippen LogP contribution is -2.20. The van der Waals surface area contributed by atoms with Gasteiger partial charge in [0, 0.05) is 5.92 Å². The van der Waals surface area contributed by atoms with Crippen molar-refractivity contribution >= 4 is 8.03 Å². The van der Waals surface area contributed by atoms with Crippen LogP contribution in [0.4, 0.5) is 0 Å². The predicted octanol–water partition coefficient (Wildman–Crippen LogP) is 3.86. The van der Waals surface area contributed by atoms with Gasteiger partial charge in [-0.15, -0.1) is 0 Å². The molecule has 0 saturated heterocycles. The SMILES string of the molecule is CCCCC(CC)C(CCCC)[P+](=O)[O-]. The van der Waals surface area contributed by atoms with Crippen LogP contribution in [-0.2, 0) is 4.57 Å². The smallest absolute Gasteiger partial charge is 0.312 e. The summed E-state index contributed by atoms with van der Waals surface area (Å²) in [5.41, 5.74) is -0.0727. The Labute approximate surface area is 95.3 Å². The zero-order chi connectivity index (χ0) is 11.7. The van der Waals surface area contributed by atoms with Gasteiger partial charge in [-0.3, -0.25) is 0 Å². The molecule has 0 radical (unpaired) electrons. The van der Waals surface area contributed by atoms with E-state index in [-0.39, 0.29) is 5.66 Å². The van der Waals surface area contributed by atoms with Crippen LogP contribution in [-0.4, -0.2) is 5.66 Å². The molecule has 0 aliphatic carbocycles. The van der Waals surface area contributed by atoms with E-state index in [0.717, 1.165) is 44.9 Å². The molecule has 3 heteroatoms. The van der Waals surface area contributed by atoms with Gasteiger partial charge in [0.1, 0.15) is 0 Å². The van der Waals surface area contributed by atoms with Crippen molar-refractivity contribution in [3.63, 3.8) is 0 Å². The van der Waals surface area contributed by atoms with Gasteiger partial charge in [0.25, 0.3) is 0 Å². The third-order valence-corrected chi connectivity index (χ3v) is 4.34. The summed E-state index contributed by atoms with van der Waals surface area (Å²) in [4.78, 5) is 11.2. The molecule has 0 fully saturated rings. The maximum Gasteiger partial charge on any atom is 0.312 e. The van der Waals surface area contributed by atoms with E-state index in [1.807, 2.05) is 0 Å². The van der Waals surface area contributed by atoms with Gasteiger partial charge in [-0.2, -0.15) is 0 Å². The molecule has 0 aliphatic heterocycles. The fourth-order valence-electron chi connectivity index (χ4n) is 2.06. The lowest BCUT2D eigenvalue weighted by Gasteiger charge is -2.19. The summed E-state index contributed by atoms with van der Waals surface area (Å²) in [7, 11) is -2.24. The van der Waals surface area contributed by atoms with Gasteiger partial charge in [-0.25, -0.2) is 0 Å². The summed E-state index contributed by atoms with van der Waals surface area (Å²) in [6.45, 7) is 6.38. The zero-order valence-electron chi connectivity index (χ0n) is 10.4. The zero-order valence-corrected chi connectivity index (χ0v) is 11.3. The second kappa shape index (κ2) is 9.30. The highest BCUT2D eigenvalue weighted by Crippen LogP contribution is 2.34. The van der Waals surface area contributed by atoms with Crippen molar-refractivity contribution in [2.24, 2.45) is 5.92 Å². The fraction of sp³-hybridized carbons (Fsp3) is 1.00. The molecule has 90 valence electrons. The summed E-state index contributed by atoms with van der Waals surface area (Å²) < 4.78 is 11.2. The minimum Gasteiger partial charge on any atom is -0.595 e. The molecule has 0 aromatic carbocycles. The third kappa shape index (κ3) is 6.27. The standard InChI is InChI=1S/C12H25O2P/c1-4-7-9-11(6-3)12(15(13)14)10-8-5-2/h11-12H,4-10H2,1-3H3. The van der Waals surface area contributed by atoms with Crippen LogP contribution in [0.1, 0.15) is 65.7 Å². The van der Waals surface area contributed by atoms with Crippen LogP contribution in [0.2, 0.25) is 0 Å². The van der Waals surface area contributed by atoms with E-state index in [9.17, 15) is 9.46 Å². The van der Waals surface area contributed by atoms with Gasteiger partial charge in [-0.05, 0) is 25.7 Å². The van der Waals surface area contributed by atoms with Gasteiger partial charge >= 0.3 is 8.03 Å². The molecular formula is C12H25O2P. The van der Waals surface area contributed by atoms with Gasteiger partial charge in [0.2, 0.25) is 0 Å². The van der Waals surface area contributed by atoms with Crippen molar-refractivity contribution in [3.8, 4) is 0 Å². The Morgan fingerprint density at radius 1 is 1.07 bits per heavy atom. The van der Waals surface area contributed by atoms with Crippen LogP contribution in [0.25, 0.3) is 0 Å². The molecule has 0 aliphatic rings. The second-order valence-electron chi connectivity index (χ2n) is 4.31. The normalized spacial score (nSPS) is 16.1. The largest absolute Gasteiger partial charge is 0.595 e. The molecule has 0 aromatic rings. The van der Waals surface area contributed by atoms with Crippen LogP contribution in [0.3, 0.4) is 0 Å². The molecule has 0 amide bonds. The average molecular weight is 232 g/mol. The highest BCUT2D eigenvalue weighted by atomic mass is 31.1. The quantitative estimate of drug-likeness (QED) is 0.566. The maximum atomic E-state index is 11.2. The van der Waals surface area contributed by atoms with E-state index in [0.29, 0.717) is 5.92 Å². The first kappa shape index (κ1) is 15.1. The first-order valence-corrected chi connectivity index (χ1v) is 7.55. The highest BCUT2D eigenvalue weighted by Gasteiger charge is 2.29.